The minimum atomic E-state index is -3.63. The topological polar surface area (TPSA) is 170 Å². The molecule has 2 aromatic rings. The molecule has 1 aromatic heterocycles. The second-order valence-corrected chi connectivity index (χ2v) is 11.8. The fourth-order valence-electron chi connectivity index (χ4n) is 3.85. The molecule has 2 heterocycles. The molecule has 2 amide bonds. The molecule has 0 spiro atoms. The number of hydrogen-bond donors (Lipinski definition) is 2. The number of ether oxygens (including phenoxy) is 2. The van der Waals surface area contributed by atoms with Gasteiger partial charge in [-0.05, 0) is 57.7 Å². The second kappa shape index (κ2) is 11.9. The predicted octanol–water partition coefficient (Wildman–Crippen LogP) is 2.07. The Morgan fingerprint density at radius 1 is 1.13 bits per heavy atom. The van der Waals surface area contributed by atoms with Gasteiger partial charge in [-0.15, -0.1) is 10.2 Å². The molecule has 13 nitrogen and oxygen atoms in total. The van der Waals surface area contributed by atoms with Crippen LogP contribution in [0.15, 0.2) is 28.7 Å². The summed E-state index contributed by atoms with van der Waals surface area (Å²) in [6.07, 6.45) is 1.86. The maximum Gasteiger partial charge on any atom is 0.410 e. The Morgan fingerprint density at radius 3 is 2.32 bits per heavy atom. The van der Waals surface area contributed by atoms with E-state index in [9.17, 15) is 22.8 Å². The number of aromatic nitrogens is 2. The number of carbonyl (C=O) groups is 3. The Kier molecular flexibility index (Phi) is 9.09. The van der Waals surface area contributed by atoms with Crippen LogP contribution < -0.4 is 10.0 Å². The SMILES string of the molecule is COC(=O)C(Cc1ccc(NC(=O)c2nnc(C3CCN(C(=O)OC(C)(C)C)CC3)o2)cc1)NS(C)(=O)=O. The van der Waals surface area contributed by atoms with E-state index in [1.165, 1.54) is 7.11 Å². The van der Waals surface area contributed by atoms with Gasteiger partial charge in [-0.1, -0.05) is 12.1 Å². The number of likely N-dealkylation sites (tertiary alicyclic amines) is 1. The quantitative estimate of drug-likeness (QED) is 0.463. The first-order chi connectivity index (χ1) is 17.7. The lowest BCUT2D eigenvalue weighted by molar-refractivity contribution is -0.142. The first kappa shape index (κ1) is 29.0. The van der Waals surface area contributed by atoms with E-state index in [4.69, 9.17) is 9.15 Å². The third kappa shape index (κ3) is 8.52. The summed E-state index contributed by atoms with van der Waals surface area (Å²) in [5, 5.41) is 10.5. The van der Waals surface area contributed by atoms with Crippen molar-refractivity contribution in [2.45, 2.75) is 57.6 Å². The predicted molar refractivity (Wildman–Crippen MR) is 136 cm³/mol. The zero-order chi connectivity index (χ0) is 28.1. The molecule has 1 aromatic carbocycles. The number of benzene rings is 1. The molecule has 0 aliphatic carbocycles. The molecule has 208 valence electrons. The van der Waals surface area contributed by atoms with Crippen LogP contribution in [-0.4, -0.2) is 79.6 Å². The normalized spacial score (nSPS) is 15.6. The van der Waals surface area contributed by atoms with Gasteiger partial charge in [0.15, 0.2) is 0 Å². The minimum Gasteiger partial charge on any atom is -0.468 e. The number of amides is 2. The first-order valence-electron chi connectivity index (χ1n) is 12.0. The van der Waals surface area contributed by atoms with Crippen LogP contribution in [0.25, 0.3) is 0 Å². The van der Waals surface area contributed by atoms with Gasteiger partial charge in [0.1, 0.15) is 11.6 Å². The Balaban J connectivity index is 1.55. The molecule has 14 heteroatoms. The third-order valence-electron chi connectivity index (χ3n) is 5.62. The van der Waals surface area contributed by atoms with Crippen LogP contribution in [0.2, 0.25) is 0 Å². The van der Waals surface area contributed by atoms with Crippen LogP contribution in [0.3, 0.4) is 0 Å². The molecule has 1 saturated heterocycles. The highest BCUT2D eigenvalue weighted by Crippen LogP contribution is 2.28. The monoisotopic (exact) mass is 551 g/mol. The van der Waals surface area contributed by atoms with Crippen molar-refractivity contribution in [3.63, 3.8) is 0 Å². The molecule has 1 fully saturated rings. The summed E-state index contributed by atoms with van der Waals surface area (Å²) in [6, 6.07) is 5.42. The molecule has 1 aliphatic heterocycles. The number of methoxy groups -OCH3 is 1. The number of piperidine rings is 1. The van der Waals surface area contributed by atoms with Crippen LogP contribution in [0.1, 0.15) is 61.7 Å². The van der Waals surface area contributed by atoms with Crippen molar-refractivity contribution in [1.29, 1.82) is 0 Å². The zero-order valence-corrected chi connectivity index (χ0v) is 22.8. The molecule has 0 bridgehead atoms. The molecule has 1 aliphatic rings. The molecule has 38 heavy (non-hydrogen) atoms. The molecule has 0 saturated carbocycles. The fraction of sp³-hybridized carbons (Fsp3) is 0.542. The van der Waals surface area contributed by atoms with E-state index in [1.54, 1.807) is 29.2 Å². The van der Waals surface area contributed by atoms with E-state index in [-0.39, 0.29) is 24.3 Å². The summed E-state index contributed by atoms with van der Waals surface area (Å²) in [5.74, 6) is -1.24. The number of carbonyl (C=O) groups excluding carboxylic acids is 3. The minimum absolute atomic E-state index is 0.0632. The van der Waals surface area contributed by atoms with Gasteiger partial charge in [-0.3, -0.25) is 9.59 Å². The zero-order valence-electron chi connectivity index (χ0n) is 22.0. The van der Waals surface area contributed by atoms with E-state index < -0.39 is 33.5 Å². The van der Waals surface area contributed by atoms with Gasteiger partial charge < -0.3 is 24.1 Å². The molecule has 3 rings (SSSR count). The van der Waals surface area contributed by atoms with Crippen LogP contribution in [0.5, 0.6) is 0 Å². The average Bonchev–Trinajstić information content (AvgIpc) is 3.33. The fourth-order valence-corrected chi connectivity index (χ4v) is 4.54. The Hall–Kier alpha value is -3.52. The van der Waals surface area contributed by atoms with Gasteiger partial charge in [0, 0.05) is 24.7 Å². The maximum atomic E-state index is 12.6. The first-order valence-corrected chi connectivity index (χ1v) is 13.9. The van der Waals surface area contributed by atoms with E-state index >= 15 is 0 Å². The molecular formula is C24H33N5O8S. The molecular weight excluding hydrogens is 518 g/mol. The lowest BCUT2D eigenvalue weighted by atomic mass is 9.97. The summed E-state index contributed by atoms with van der Waals surface area (Å²) in [4.78, 5) is 38.4. The number of rotatable bonds is 8. The number of esters is 1. The summed E-state index contributed by atoms with van der Waals surface area (Å²) in [5.41, 5.74) is 0.520. The summed E-state index contributed by atoms with van der Waals surface area (Å²) in [7, 11) is -2.45. The molecule has 1 unspecified atom stereocenters. The number of nitrogens with one attached hydrogen (secondary N) is 2. The third-order valence-corrected chi connectivity index (χ3v) is 6.34. The average molecular weight is 552 g/mol. The van der Waals surface area contributed by atoms with Crippen LogP contribution in [-0.2, 0) is 30.7 Å². The highest BCUT2D eigenvalue weighted by Gasteiger charge is 2.30. The lowest BCUT2D eigenvalue weighted by Gasteiger charge is -2.32. The van der Waals surface area contributed by atoms with Crippen molar-refractivity contribution in [2.24, 2.45) is 0 Å². The second-order valence-electron chi connectivity index (χ2n) is 10.0. The highest BCUT2D eigenvalue weighted by atomic mass is 32.2. The molecule has 0 radical (unpaired) electrons. The van der Waals surface area contributed by atoms with Gasteiger partial charge >= 0.3 is 23.9 Å². The van der Waals surface area contributed by atoms with Crippen LogP contribution >= 0.6 is 0 Å². The van der Waals surface area contributed by atoms with Gasteiger partial charge in [0.25, 0.3) is 0 Å². The van der Waals surface area contributed by atoms with Crippen molar-refractivity contribution in [3.05, 3.63) is 41.6 Å². The largest absolute Gasteiger partial charge is 0.468 e. The van der Waals surface area contributed by atoms with E-state index in [1.807, 2.05) is 20.8 Å². The maximum absolute atomic E-state index is 12.6. The van der Waals surface area contributed by atoms with Crippen molar-refractivity contribution < 1.29 is 36.7 Å². The van der Waals surface area contributed by atoms with Gasteiger partial charge in [-0.2, -0.15) is 0 Å². The Morgan fingerprint density at radius 2 is 1.76 bits per heavy atom. The molecule has 2 N–H and O–H groups in total. The van der Waals surface area contributed by atoms with Crippen molar-refractivity contribution >= 4 is 33.7 Å². The Bertz CT molecular complexity index is 1250. The summed E-state index contributed by atoms with van der Waals surface area (Å²) in [6.45, 7) is 6.41. The van der Waals surface area contributed by atoms with E-state index in [0.717, 1.165) is 6.26 Å². The van der Waals surface area contributed by atoms with E-state index in [0.29, 0.717) is 43.1 Å². The van der Waals surface area contributed by atoms with Crippen molar-refractivity contribution in [1.82, 2.24) is 19.8 Å². The standard InChI is InChI=1S/C24H33N5O8S/c1-24(2,3)37-23(32)29-12-10-16(11-13-29)20-26-27-21(36-20)19(30)25-17-8-6-15(7-9-17)14-18(22(31)35-4)28-38(5,33)34/h6-9,16,18,28H,10-14H2,1-5H3,(H,25,30). The van der Waals surface area contributed by atoms with Gasteiger partial charge in [0.2, 0.25) is 15.9 Å². The van der Waals surface area contributed by atoms with Crippen molar-refractivity contribution in [2.75, 3.05) is 31.8 Å². The number of anilines is 1. The summed E-state index contributed by atoms with van der Waals surface area (Å²) < 4.78 is 41.0. The van der Waals surface area contributed by atoms with Gasteiger partial charge in [-0.25, -0.2) is 17.9 Å². The highest BCUT2D eigenvalue weighted by molar-refractivity contribution is 7.88. The summed E-state index contributed by atoms with van der Waals surface area (Å²) >= 11 is 0. The van der Waals surface area contributed by atoms with Crippen LogP contribution in [0.4, 0.5) is 10.5 Å². The van der Waals surface area contributed by atoms with Gasteiger partial charge in [0.05, 0.1) is 13.4 Å². The number of hydrogen-bond acceptors (Lipinski definition) is 10. The van der Waals surface area contributed by atoms with E-state index in [2.05, 4.69) is 25.0 Å². The smallest absolute Gasteiger partial charge is 0.410 e. The number of nitrogens with zero attached hydrogens (tertiary/aromatic N) is 3. The van der Waals surface area contributed by atoms with Crippen molar-refractivity contribution in [3.8, 4) is 0 Å². The lowest BCUT2D eigenvalue weighted by Crippen LogP contribution is -2.42. The van der Waals surface area contributed by atoms with Crippen LogP contribution in [0, 0.1) is 0 Å². The Labute approximate surface area is 221 Å². The number of sulfonamides is 1. The molecule has 1 atom stereocenters.